The Labute approximate surface area is 171 Å². The van der Waals surface area contributed by atoms with Gasteiger partial charge in [0.2, 0.25) is 0 Å². The van der Waals surface area contributed by atoms with Crippen LogP contribution < -0.4 is 14.8 Å². The van der Waals surface area contributed by atoms with Crippen LogP contribution in [0.3, 0.4) is 0 Å². The van der Waals surface area contributed by atoms with Gasteiger partial charge in [0.25, 0.3) is 0 Å². The van der Waals surface area contributed by atoms with Crippen molar-refractivity contribution < 1.29 is 19.3 Å². The molecule has 0 unspecified atom stereocenters. The average molecular weight is 402 g/mol. The van der Waals surface area contributed by atoms with Gasteiger partial charge in [-0.05, 0) is 25.7 Å². The molecule has 2 heterocycles. The number of aliphatic hydroxyl groups is 1. The lowest BCUT2D eigenvalue weighted by molar-refractivity contribution is 0.0321. The Morgan fingerprint density at radius 3 is 2.66 bits per heavy atom. The number of aliphatic hydroxyl groups excluding tert-OH is 1. The molecule has 8 heteroatoms. The predicted octanol–water partition coefficient (Wildman–Crippen LogP) is 2.06. The van der Waals surface area contributed by atoms with Crippen molar-refractivity contribution in [1.29, 1.82) is 0 Å². The van der Waals surface area contributed by atoms with E-state index in [-0.39, 0.29) is 6.10 Å². The summed E-state index contributed by atoms with van der Waals surface area (Å²) in [5, 5.41) is 13.1. The van der Waals surface area contributed by atoms with Gasteiger partial charge in [-0.3, -0.25) is 9.88 Å². The first kappa shape index (κ1) is 20.1. The fraction of sp³-hybridized carbons (Fsp3) is 0.619. The first-order valence-corrected chi connectivity index (χ1v) is 10.4. The molecule has 2 aliphatic rings. The molecule has 1 saturated carbocycles. The fourth-order valence-electron chi connectivity index (χ4n) is 3.90. The molecule has 2 fully saturated rings. The summed E-state index contributed by atoms with van der Waals surface area (Å²) in [7, 11) is 1.64. The zero-order valence-electron chi connectivity index (χ0n) is 17.0. The van der Waals surface area contributed by atoms with E-state index in [4.69, 9.17) is 19.2 Å². The summed E-state index contributed by atoms with van der Waals surface area (Å²) in [4.78, 5) is 11.6. The van der Waals surface area contributed by atoms with Crippen molar-refractivity contribution >= 4 is 16.9 Å². The first-order valence-electron chi connectivity index (χ1n) is 10.4. The van der Waals surface area contributed by atoms with Crippen LogP contribution in [0.1, 0.15) is 25.7 Å². The summed E-state index contributed by atoms with van der Waals surface area (Å²) in [6, 6.07) is 4.09. The molecule has 29 heavy (non-hydrogen) atoms. The van der Waals surface area contributed by atoms with Gasteiger partial charge >= 0.3 is 0 Å². The van der Waals surface area contributed by atoms with Crippen LogP contribution in [0.4, 0.5) is 5.82 Å². The molecule has 1 aromatic carbocycles. The van der Waals surface area contributed by atoms with Gasteiger partial charge in [-0.25, -0.2) is 4.98 Å². The Bertz CT molecular complexity index is 805. The molecule has 0 atom stereocenters. The maximum atomic E-state index is 9.68. The van der Waals surface area contributed by atoms with Crippen LogP contribution in [0.15, 0.2) is 18.3 Å². The second kappa shape index (κ2) is 9.56. The van der Waals surface area contributed by atoms with Gasteiger partial charge in [-0.1, -0.05) is 0 Å². The molecule has 1 aromatic heterocycles. The van der Waals surface area contributed by atoms with E-state index in [1.54, 1.807) is 13.3 Å². The standard InChI is InChI=1S/C21H30N4O4/c1-27-19-12-17-18(13-20(19)29-11-8-25-6-9-28-10-7-25)24-21(14-22-17)23-15-2-4-16(26)5-3-15/h12-16,26H,2-11H2,1H3,(H,23,24). The second-order valence-corrected chi connectivity index (χ2v) is 7.70. The van der Waals surface area contributed by atoms with Crippen LogP contribution in [-0.4, -0.2) is 78.7 Å². The third-order valence-corrected chi connectivity index (χ3v) is 5.65. The largest absolute Gasteiger partial charge is 0.493 e. The highest BCUT2D eigenvalue weighted by molar-refractivity contribution is 5.80. The third kappa shape index (κ3) is 5.26. The summed E-state index contributed by atoms with van der Waals surface area (Å²) in [6.07, 6.45) is 5.14. The molecule has 158 valence electrons. The highest BCUT2D eigenvalue weighted by Gasteiger charge is 2.20. The van der Waals surface area contributed by atoms with Crippen molar-refractivity contribution in [1.82, 2.24) is 14.9 Å². The van der Waals surface area contributed by atoms with Crippen LogP contribution in [0.5, 0.6) is 11.5 Å². The van der Waals surface area contributed by atoms with E-state index in [1.165, 1.54) is 0 Å². The Morgan fingerprint density at radius 1 is 1.14 bits per heavy atom. The van der Waals surface area contributed by atoms with E-state index >= 15 is 0 Å². The quantitative estimate of drug-likeness (QED) is 0.728. The molecule has 2 aromatic rings. The number of anilines is 1. The van der Waals surface area contributed by atoms with Crippen molar-refractivity contribution in [3.63, 3.8) is 0 Å². The molecule has 0 bridgehead atoms. The maximum absolute atomic E-state index is 9.68. The normalized spacial score (nSPS) is 23.1. The number of aromatic nitrogens is 2. The van der Waals surface area contributed by atoms with Crippen molar-refractivity contribution in [3.05, 3.63) is 18.3 Å². The van der Waals surface area contributed by atoms with Gasteiger partial charge < -0.3 is 24.6 Å². The van der Waals surface area contributed by atoms with Gasteiger partial charge in [-0.2, -0.15) is 0 Å². The number of rotatable bonds is 7. The Hall–Kier alpha value is -2.16. The smallest absolute Gasteiger partial charge is 0.163 e. The van der Waals surface area contributed by atoms with Crippen LogP contribution >= 0.6 is 0 Å². The van der Waals surface area contributed by atoms with Crippen LogP contribution in [0.2, 0.25) is 0 Å². The van der Waals surface area contributed by atoms with E-state index in [0.717, 1.165) is 75.4 Å². The number of nitrogens with one attached hydrogen (secondary N) is 1. The van der Waals surface area contributed by atoms with Crippen LogP contribution in [0, 0.1) is 0 Å². The van der Waals surface area contributed by atoms with Gasteiger partial charge in [-0.15, -0.1) is 0 Å². The molecule has 1 aliphatic carbocycles. The van der Waals surface area contributed by atoms with E-state index in [0.29, 0.717) is 24.1 Å². The van der Waals surface area contributed by atoms with Crippen molar-refractivity contribution in [3.8, 4) is 11.5 Å². The van der Waals surface area contributed by atoms with E-state index in [1.807, 2.05) is 12.1 Å². The lowest BCUT2D eigenvalue weighted by Gasteiger charge is -2.26. The molecular formula is C21H30N4O4. The molecular weight excluding hydrogens is 372 g/mol. The number of hydrogen-bond donors (Lipinski definition) is 2. The topological polar surface area (TPSA) is 89.0 Å². The molecule has 2 N–H and O–H groups in total. The van der Waals surface area contributed by atoms with Gasteiger partial charge in [0.15, 0.2) is 11.5 Å². The van der Waals surface area contributed by atoms with Gasteiger partial charge in [0.05, 0.1) is 43.7 Å². The summed E-state index contributed by atoms with van der Waals surface area (Å²) in [6.45, 7) is 4.88. The van der Waals surface area contributed by atoms with Crippen molar-refractivity contribution in [2.24, 2.45) is 0 Å². The Balaban J connectivity index is 1.43. The first-order chi connectivity index (χ1) is 14.2. The number of benzene rings is 1. The lowest BCUT2D eigenvalue weighted by atomic mass is 9.93. The molecule has 1 saturated heterocycles. The maximum Gasteiger partial charge on any atom is 0.163 e. The molecule has 0 radical (unpaired) electrons. The molecule has 1 aliphatic heterocycles. The predicted molar refractivity (Wildman–Crippen MR) is 111 cm³/mol. The summed E-state index contributed by atoms with van der Waals surface area (Å²) in [5.74, 6) is 2.10. The minimum atomic E-state index is -0.166. The van der Waals surface area contributed by atoms with Crippen molar-refractivity contribution in [2.45, 2.75) is 37.8 Å². The number of hydrogen-bond acceptors (Lipinski definition) is 8. The number of nitrogens with zero attached hydrogens (tertiary/aromatic N) is 3. The Morgan fingerprint density at radius 2 is 1.90 bits per heavy atom. The number of methoxy groups -OCH3 is 1. The van der Waals surface area contributed by atoms with Crippen molar-refractivity contribution in [2.75, 3.05) is 51.9 Å². The van der Waals surface area contributed by atoms with Crippen LogP contribution in [0.25, 0.3) is 11.0 Å². The highest BCUT2D eigenvalue weighted by Crippen LogP contribution is 2.31. The average Bonchev–Trinajstić information content (AvgIpc) is 2.75. The number of fused-ring (bicyclic) bond motifs is 1. The van der Waals surface area contributed by atoms with E-state index < -0.39 is 0 Å². The SMILES string of the molecule is COc1cc2ncc(NC3CCC(O)CC3)nc2cc1OCCN1CCOCC1. The molecule has 0 amide bonds. The minimum absolute atomic E-state index is 0.166. The summed E-state index contributed by atoms with van der Waals surface area (Å²) < 4.78 is 16.9. The van der Waals surface area contributed by atoms with E-state index in [9.17, 15) is 5.11 Å². The zero-order chi connectivity index (χ0) is 20.1. The summed E-state index contributed by atoms with van der Waals surface area (Å²) in [5.41, 5.74) is 1.54. The Kier molecular flexibility index (Phi) is 6.63. The third-order valence-electron chi connectivity index (χ3n) is 5.65. The van der Waals surface area contributed by atoms with E-state index in [2.05, 4.69) is 15.2 Å². The van der Waals surface area contributed by atoms with Crippen LogP contribution in [-0.2, 0) is 4.74 Å². The fourth-order valence-corrected chi connectivity index (χ4v) is 3.90. The lowest BCUT2D eigenvalue weighted by Crippen LogP contribution is -2.38. The second-order valence-electron chi connectivity index (χ2n) is 7.70. The molecule has 4 rings (SSSR count). The summed E-state index contributed by atoms with van der Waals surface area (Å²) >= 11 is 0. The van der Waals surface area contributed by atoms with Gasteiger partial charge in [0, 0.05) is 37.8 Å². The molecule has 0 spiro atoms. The number of morpholine rings is 1. The highest BCUT2D eigenvalue weighted by atomic mass is 16.5. The zero-order valence-corrected chi connectivity index (χ0v) is 17.0. The molecule has 8 nitrogen and oxygen atoms in total. The monoisotopic (exact) mass is 402 g/mol. The minimum Gasteiger partial charge on any atom is -0.493 e. The number of ether oxygens (including phenoxy) is 3. The van der Waals surface area contributed by atoms with Gasteiger partial charge in [0.1, 0.15) is 12.4 Å².